The average molecular weight is 1090 g/mol. The van der Waals surface area contributed by atoms with Gasteiger partial charge in [0.25, 0.3) is 0 Å². The molecule has 0 spiro atoms. The zero-order chi connectivity index (χ0) is 58.2. The van der Waals surface area contributed by atoms with Gasteiger partial charge in [-0.2, -0.15) is 26.3 Å². The topological polar surface area (TPSA) is 9.86 Å². The number of aryl methyl sites for hydroxylation is 12. The molecule has 0 saturated carbocycles. The lowest BCUT2D eigenvalue weighted by atomic mass is 9.91. The summed E-state index contributed by atoms with van der Waals surface area (Å²) in [4.78, 5) is 0. The van der Waals surface area contributed by atoms with E-state index in [9.17, 15) is 0 Å². The summed E-state index contributed by atoms with van der Waals surface area (Å²) in [6.45, 7) is 24.9. The van der Waals surface area contributed by atoms with E-state index < -0.39 is 23.5 Å². The van der Waals surface area contributed by atoms with Crippen molar-refractivity contribution in [2.45, 2.75) is 95.4 Å². The quantitative estimate of drug-likeness (QED) is 0.141. The molecule has 0 aliphatic rings. The van der Waals surface area contributed by atoms with Crippen LogP contribution in [-0.4, -0.2) is 9.13 Å². The van der Waals surface area contributed by atoms with E-state index in [1.165, 1.54) is 6.07 Å². The second kappa shape index (κ2) is 19.5. The van der Waals surface area contributed by atoms with Crippen LogP contribution in [0.2, 0.25) is 0 Å². The van der Waals surface area contributed by atoms with Gasteiger partial charge in [0.15, 0.2) is 0 Å². The molecule has 0 saturated heterocycles. The molecule has 2 nitrogen and oxygen atoms in total. The minimum atomic E-state index is -4.89. The number of aromatic nitrogens is 2. The predicted molar refractivity (Wildman–Crippen MR) is 329 cm³/mol. The fourth-order valence-electron chi connectivity index (χ4n) is 14.0. The SMILES string of the molecule is Cc1cc(C)c(-c2ccc3c(c2)c2cc(-c4c(C)cc(C)cc4C)ccc2n3-c2cc(C(F)(F)F)cc(-n3c4ccc(-c5c(C)cc(C)cc5C)cc4c4cc(-c5c(C)cc(C)cc5C)ccc43)c2-c2cccc(C(F)(F)F)c2)c(C)c1. The van der Waals surface area contributed by atoms with E-state index in [1.54, 1.807) is 6.07 Å². The molecule has 410 valence electrons. The largest absolute Gasteiger partial charge is 0.416 e. The van der Waals surface area contributed by atoms with Gasteiger partial charge in [0, 0.05) is 27.1 Å². The van der Waals surface area contributed by atoms with Crippen molar-refractivity contribution >= 4 is 43.6 Å². The minimum Gasteiger partial charge on any atom is -0.309 e. The molecule has 82 heavy (non-hydrogen) atoms. The number of alkyl halides is 6. The standard InChI is InChI=1S/C74H62F6N2/c1-39-24-43(5)68(44(6)25-39)52-16-20-62-58(33-52)59-34-53(69-45(7)26-40(2)27-46(69)8)17-21-63(59)81(62)66-37-57(74(78,79)80)38-67(72(66)51-14-13-15-56(32-51)73(75,76)77)82-64-22-18-54(70-47(9)28-41(3)29-48(70)10)35-60(64)61-36-55(19-23-65(61)82)71-49(11)30-42(4)31-50(71)12/h13-38H,1-12H3. The molecule has 12 aromatic rings. The third-order valence-corrected chi connectivity index (χ3v) is 16.8. The van der Waals surface area contributed by atoms with Crippen molar-refractivity contribution in [1.29, 1.82) is 0 Å². The predicted octanol–water partition coefficient (Wildman–Crippen LogP) is 22.0. The van der Waals surface area contributed by atoms with Crippen LogP contribution in [0.3, 0.4) is 0 Å². The van der Waals surface area contributed by atoms with Crippen LogP contribution in [0.5, 0.6) is 0 Å². The fourth-order valence-corrected chi connectivity index (χ4v) is 14.0. The van der Waals surface area contributed by atoms with Crippen molar-refractivity contribution in [2.75, 3.05) is 0 Å². The number of halogens is 6. The van der Waals surface area contributed by atoms with Crippen molar-refractivity contribution in [1.82, 2.24) is 9.13 Å². The van der Waals surface area contributed by atoms with Gasteiger partial charge in [-0.3, -0.25) is 0 Å². The Morgan fingerprint density at radius 1 is 0.256 bits per heavy atom. The lowest BCUT2D eigenvalue weighted by molar-refractivity contribution is -0.138. The third kappa shape index (κ3) is 9.08. The van der Waals surface area contributed by atoms with E-state index in [4.69, 9.17) is 0 Å². The Kier molecular flexibility index (Phi) is 12.9. The average Bonchev–Trinajstić information content (AvgIpc) is 3.51. The summed E-state index contributed by atoms with van der Waals surface area (Å²) in [7, 11) is 0. The Hall–Kier alpha value is -8.62. The number of hydrogen-bond acceptors (Lipinski definition) is 0. The first-order chi connectivity index (χ1) is 38.8. The molecular formula is C74H62F6N2. The Labute approximate surface area is 474 Å². The van der Waals surface area contributed by atoms with Crippen molar-refractivity contribution in [2.24, 2.45) is 0 Å². The van der Waals surface area contributed by atoms with Gasteiger partial charge in [-0.15, -0.1) is 0 Å². The van der Waals surface area contributed by atoms with Crippen LogP contribution in [0.15, 0.2) is 158 Å². The van der Waals surface area contributed by atoms with Crippen LogP contribution < -0.4 is 0 Å². The molecule has 0 unspecified atom stereocenters. The summed E-state index contributed by atoms with van der Waals surface area (Å²) in [6, 6.07) is 48.7. The molecule has 10 aromatic carbocycles. The van der Waals surface area contributed by atoms with Gasteiger partial charge < -0.3 is 9.13 Å². The van der Waals surface area contributed by atoms with E-state index in [1.807, 2.05) is 57.7 Å². The summed E-state index contributed by atoms with van der Waals surface area (Å²) in [5, 5.41) is 3.13. The van der Waals surface area contributed by atoms with Gasteiger partial charge in [0.05, 0.1) is 44.6 Å². The molecule has 0 N–H and O–H groups in total. The van der Waals surface area contributed by atoms with Crippen molar-refractivity contribution < 1.29 is 26.3 Å². The van der Waals surface area contributed by atoms with Gasteiger partial charge in [-0.05, 0) is 250 Å². The zero-order valence-corrected chi connectivity index (χ0v) is 48.2. The molecule has 2 heterocycles. The molecule has 0 amide bonds. The third-order valence-electron chi connectivity index (χ3n) is 16.8. The Morgan fingerprint density at radius 2 is 0.512 bits per heavy atom. The molecule has 2 aromatic heterocycles. The minimum absolute atomic E-state index is 0.0788. The van der Waals surface area contributed by atoms with E-state index in [2.05, 4.69) is 156 Å². The van der Waals surface area contributed by atoms with Crippen LogP contribution in [0.4, 0.5) is 26.3 Å². The highest BCUT2D eigenvalue weighted by Crippen LogP contribution is 2.49. The number of hydrogen-bond donors (Lipinski definition) is 0. The van der Waals surface area contributed by atoms with Crippen molar-refractivity contribution in [3.63, 3.8) is 0 Å². The zero-order valence-electron chi connectivity index (χ0n) is 48.2. The lowest BCUT2D eigenvalue weighted by Crippen LogP contribution is -2.11. The smallest absolute Gasteiger partial charge is 0.309 e. The maximum Gasteiger partial charge on any atom is 0.416 e. The van der Waals surface area contributed by atoms with Gasteiger partial charge in [0.1, 0.15) is 0 Å². The molecule has 0 aliphatic carbocycles. The number of benzene rings is 10. The van der Waals surface area contributed by atoms with Crippen LogP contribution in [0.25, 0.3) is 111 Å². The molecule has 0 aliphatic heterocycles. The van der Waals surface area contributed by atoms with Gasteiger partial charge in [-0.1, -0.05) is 107 Å². The number of fused-ring (bicyclic) bond motifs is 6. The highest BCUT2D eigenvalue weighted by molar-refractivity contribution is 6.15. The first-order valence-electron chi connectivity index (χ1n) is 27.8. The molecule has 0 atom stereocenters. The summed E-state index contributed by atoms with van der Waals surface area (Å²) >= 11 is 0. The summed E-state index contributed by atoms with van der Waals surface area (Å²) in [5.74, 6) is 0. The monoisotopic (exact) mass is 1090 g/mol. The second-order valence-electron chi connectivity index (χ2n) is 23.2. The van der Waals surface area contributed by atoms with Crippen molar-refractivity contribution in [3.05, 3.63) is 236 Å². The summed E-state index contributed by atoms with van der Waals surface area (Å²) in [6.07, 6.45) is -9.66. The molecule has 12 rings (SSSR count). The van der Waals surface area contributed by atoms with Crippen LogP contribution in [0.1, 0.15) is 77.9 Å². The Bertz CT molecular complexity index is 4090. The second-order valence-corrected chi connectivity index (χ2v) is 23.2. The highest BCUT2D eigenvalue weighted by Gasteiger charge is 2.36. The fraction of sp³-hybridized carbons (Fsp3) is 0.189. The summed E-state index contributed by atoms with van der Waals surface area (Å²) in [5.41, 5.74) is 22.1. The normalized spacial score (nSPS) is 12.3. The Balaban J connectivity index is 1.25. The van der Waals surface area contributed by atoms with Crippen LogP contribution in [0, 0.1) is 83.1 Å². The van der Waals surface area contributed by atoms with Gasteiger partial charge in [-0.25, -0.2) is 0 Å². The molecular weight excluding hydrogens is 1030 g/mol. The Morgan fingerprint density at radius 3 is 0.768 bits per heavy atom. The molecule has 0 radical (unpaired) electrons. The maximum atomic E-state index is 16.3. The first kappa shape index (κ1) is 54.0. The number of rotatable bonds is 7. The molecule has 8 heteroatoms. The number of nitrogens with zero attached hydrogens (tertiary/aromatic N) is 2. The van der Waals surface area contributed by atoms with E-state index in [0.29, 0.717) is 22.1 Å². The lowest BCUT2D eigenvalue weighted by Gasteiger charge is -2.23. The van der Waals surface area contributed by atoms with Crippen LogP contribution in [-0.2, 0) is 12.4 Å². The highest BCUT2D eigenvalue weighted by atomic mass is 19.4. The van der Waals surface area contributed by atoms with Crippen LogP contribution >= 0.6 is 0 Å². The van der Waals surface area contributed by atoms with Gasteiger partial charge >= 0.3 is 12.4 Å². The van der Waals surface area contributed by atoms with E-state index in [0.717, 1.165) is 157 Å². The summed E-state index contributed by atoms with van der Waals surface area (Å²) < 4.78 is 97.9. The van der Waals surface area contributed by atoms with Gasteiger partial charge in [0.2, 0.25) is 0 Å². The van der Waals surface area contributed by atoms with E-state index >= 15 is 26.3 Å². The molecule has 0 fully saturated rings. The molecule has 0 bridgehead atoms. The van der Waals surface area contributed by atoms with E-state index in [-0.39, 0.29) is 22.5 Å². The van der Waals surface area contributed by atoms with Crippen molar-refractivity contribution in [3.8, 4) is 67.0 Å². The maximum absolute atomic E-state index is 16.3. The first-order valence-corrected chi connectivity index (χ1v) is 27.8.